The van der Waals surface area contributed by atoms with Crippen LogP contribution in [0.25, 0.3) is 19.8 Å². The van der Waals surface area contributed by atoms with Gasteiger partial charge in [-0.15, -0.1) is 22.7 Å². The summed E-state index contributed by atoms with van der Waals surface area (Å²) >= 11 is 3.00. The van der Waals surface area contributed by atoms with Crippen LogP contribution < -0.4 is 10.0 Å². The molecule has 0 saturated heterocycles. The molecule has 34 heavy (non-hydrogen) atoms. The molecule has 0 aliphatic heterocycles. The van der Waals surface area contributed by atoms with E-state index in [4.69, 9.17) is 0 Å². The van der Waals surface area contributed by atoms with Crippen LogP contribution >= 0.6 is 22.7 Å². The number of rotatable bonds is 9. The van der Waals surface area contributed by atoms with Gasteiger partial charge in [0.2, 0.25) is 0 Å². The van der Waals surface area contributed by atoms with Crippen LogP contribution in [-0.2, 0) is 16.6 Å². The molecule has 0 unspecified atom stereocenters. The van der Waals surface area contributed by atoms with Crippen LogP contribution in [0.4, 0.5) is 5.69 Å². The number of hydrogen-bond donors (Lipinski definition) is 2. The maximum absolute atomic E-state index is 13.2. The molecule has 2 heterocycles. The van der Waals surface area contributed by atoms with Gasteiger partial charge >= 0.3 is 0 Å². The molecular formula is C27H30N2O2S3. The summed E-state index contributed by atoms with van der Waals surface area (Å²) in [6.07, 6.45) is 6.58. The molecule has 1 saturated carbocycles. The predicted molar refractivity (Wildman–Crippen MR) is 145 cm³/mol. The summed E-state index contributed by atoms with van der Waals surface area (Å²) in [6.45, 7) is 2.87. The lowest BCUT2D eigenvalue weighted by Crippen LogP contribution is -2.28. The van der Waals surface area contributed by atoms with Gasteiger partial charge in [-0.05, 0) is 60.5 Å². The van der Waals surface area contributed by atoms with E-state index in [-0.39, 0.29) is 0 Å². The van der Waals surface area contributed by atoms with Crippen molar-refractivity contribution in [2.45, 2.75) is 55.8 Å². The fourth-order valence-electron chi connectivity index (χ4n) is 4.78. The molecule has 4 aromatic rings. The topological polar surface area (TPSA) is 58.2 Å². The molecule has 0 bridgehead atoms. The van der Waals surface area contributed by atoms with E-state index in [1.165, 1.54) is 53.5 Å². The summed E-state index contributed by atoms with van der Waals surface area (Å²) in [5.74, 6) is 0.824. The average Bonchev–Trinajstić information content (AvgIpc) is 3.58. The first-order chi connectivity index (χ1) is 16.5. The number of nitrogens with one attached hydrogen (secondary N) is 2. The molecule has 1 fully saturated rings. The zero-order chi connectivity index (χ0) is 23.5. The van der Waals surface area contributed by atoms with Crippen molar-refractivity contribution in [3.8, 4) is 9.75 Å². The number of benzene rings is 2. The largest absolute Gasteiger partial charge is 0.310 e. The summed E-state index contributed by atoms with van der Waals surface area (Å²) in [7, 11) is -3.66. The lowest BCUT2D eigenvalue weighted by molar-refractivity contribution is 0.404. The molecular weight excluding hydrogens is 481 g/mol. The number of hydrogen-bond acceptors (Lipinski definition) is 5. The first kappa shape index (κ1) is 23.5. The predicted octanol–water partition coefficient (Wildman–Crippen LogP) is 7.49. The molecule has 0 radical (unpaired) electrons. The van der Waals surface area contributed by atoms with E-state index in [1.807, 2.05) is 42.5 Å². The highest BCUT2D eigenvalue weighted by Gasteiger charge is 2.21. The highest BCUT2D eigenvalue weighted by atomic mass is 32.2. The van der Waals surface area contributed by atoms with Gasteiger partial charge < -0.3 is 5.32 Å². The Morgan fingerprint density at radius 3 is 2.53 bits per heavy atom. The fourth-order valence-corrected chi connectivity index (χ4v) is 8.33. The summed E-state index contributed by atoms with van der Waals surface area (Å²) in [4.78, 5) is 2.06. The Hall–Kier alpha value is -2.19. The summed E-state index contributed by atoms with van der Waals surface area (Å²) in [5, 5.41) is 4.78. The quantitative estimate of drug-likeness (QED) is 0.245. The highest BCUT2D eigenvalue weighted by molar-refractivity contribution is 7.94. The Labute approximate surface area is 210 Å². The fraction of sp³-hybridized carbons (Fsp3) is 0.333. The smallest absolute Gasteiger partial charge is 0.271 e. The molecule has 5 rings (SSSR count). The SMILES string of the molecule is C[C@@H](CC1CCCC1)NCc1ccccc1NS(=O)(=O)c1ccc(-c2cc3ccccc3s2)s1. The van der Waals surface area contributed by atoms with Crippen molar-refractivity contribution < 1.29 is 8.42 Å². The minimum absolute atomic E-state index is 0.331. The van der Waals surface area contributed by atoms with Crippen molar-refractivity contribution in [2.75, 3.05) is 4.72 Å². The van der Waals surface area contributed by atoms with Crippen LogP contribution in [0.15, 0.2) is 70.9 Å². The third kappa shape index (κ3) is 5.38. The van der Waals surface area contributed by atoms with Gasteiger partial charge in [0.1, 0.15) is 4.21 Å². The monoisotopic (exact) mass is 510 g/mol. The molecule has 2 aromatic carbocycles. The minimum Gasteiger partial charge on any atom is -0.310 e. The second-order valence-corrected chi connectivity index (χ2v) is 13.3. The first-order valence-corrected chi connectivity index (χ1v) is 15.0. The number of anilines is 1. The minimum atomic E-state index is -3.66. The molecule has 1 aliphatic rings. The lowest BCUT2D eigenvalue weighted by atomic mass is 9.99. The van der Waals surface area contributed by atoms with E-state index in [2.05, 4.69) is 35.2 Å². The second kappa shape index (κ2) is 10.2. The Morgan fingerprint density at radius 2 is 1.71 bits per heavy atom. The number of fused-ring (bicyclic) bond motifs is 1. The van der Waals surface area contributed by atoms with Crippen molar-refractivity contribution in [1.82, 2.24) is 5.32 Å². The van der Waals surface area contributed by atoms with Gasteiger partial charge in [0.15, 0.2) is 0 Å². The van der Waals surface area contributed by atoms with E-state index < -0.39 is 10.0 Å². The van der Waals surface area contributed by atoms with Crippen LogP contribution in [0.2, 0.25) is 0 Å². The lowest BCUT2D eigenvalue weighted by Gasteiger charge is -2.19. The third-order valence-electron chi connectivity index (χ3n) is 6.58. The molecule has 0 amide bonds. The number of sulfonamides is 1. The van der Waals surface area contributed by atoms with Crippen LogP contribution in [0.5, 0.6) is 0 Å². The van der Waals surface area contributed by atoms with E-state index in [0.29, 0.717) is 22.5 Å². The summed E-state index contributed by atoms with van der Waals surface area (Å²) in [5.41, 5.74) is 1.60. The second-order valence-electron chi connectivity index (χ2n) is 9.20. The highest BCUT2D eigenvalue weighted by Crippen LogP contribution is 2.38. The van der Waals surface area contributed by atoms with E-state index in [1.54, 1.807) is 17.4 Å². The van der Waals surface area contributed by atoms with Crippen LogP contribution in [0.3, 0.4) is 0 Å². The number of para-hydroxylation sites is 1. The van der Waals surface area contributed by atoms with Crippen LogP contribution in [-0.4, -0.2) is 14.5 Å². The molecule has 1 atom stereocenters. The third-order valence-corrected chi connectivity index (χ3v) is 10.8. The van der Waals surface area contributed by atoms with Gasteiger partial charge in [0, 0.05) is 27.0 Å². The zero-order valence-electron chi connectivity index (χ0n) is 19.3. The Morgan fingerprint density at radius 1 is 0.941 bits per heavy atom. The van der Waals surface area contributed by atoms with Gasteiger partial charge in [-0.2, -0.15) is 0 Å². The Kier molecular flexibility index (Phi) is 7.06. The molecule has 2 aromatic heterocycles. The van der Waals surface area contributed by atoms with E-state index in [9.17, 15) is 8.42 Å². The van der Waals surface area contributed by atoms with Crippen molar-refractivity contribution in [2.24, 2.45) is 5.92 Å². The molecule has 1 aliphatic carbocycles. The molecule has 0 spiro atoms. The van der Waals surface area contributed by atoms with Crippen LogP contribution in [0, 0.1) is 5.92 Å². The molecule has 178 valence electrons. The maximum Gasteiger partial charge on any atom is 0.271 e. The maximum atomic E-state index is 13.2. The van der Waals surface area contributed by atoms with Crippen molar-refractivity contribution in [3.63, 3.8) is 0 Å². The zero-order valence-corrected chi connectivity index (χ0v) is 21.7. The molecule has 7 heteroatoms. The van der Waals surface area contributed by atoms with Crippen molar-refractivity contribution in [3.05, 3.63) is 72.3 Å². The Bertz CT molecular complexity index is 1330. The van der Waals surface area contributed by atoms with E-state index in [0.717, 1.165) is 21.2 Å². The summed E-state index contributed by atoms with van der Waals surface area (Å²) < 4.78 is 30.8. The summed E-state index contributed by atoms with van der Waals surface area (Å²) in [6, 6.07) is 22.0. The average molecular weight is 511 g/mol. The molecule has 2 N–H and O–H groups in total. The Balaban J connectivity index is 1.28. The normalized spacial score (nSPS) is 15.7. The van der Waals surface area contributed by atoms with E-state index >= 15 is 0 Å². The first-order valence-electron chi connectivity index (χ1n) is 11.9. The molecule has 4 nitrogen and oxygen atoms in total. The van der Waals surface area contributed by atoms with Gasteiger partial charge in [-0.25, -0.2) is 8.42 Å². The van der Waals surface area contributed by atoms with Crippen LogP contribution in [0.1, 0.15) is 44.6 Å². The van der Waals surface area contributed by atoms with Gasteiger partial charge in [0.25, 0.3) is 10.0 Å². The van der Waals surface area contributed by atoms with Crippen molar-refractivity contribution >= 4 is 48.5 Å². The van der Waals surface area contributed by atoms with Gasteiger partial charge in [-0.1, -0.05) is 62.1 Å². The standard InChI is InChI=1S/C27H30N2O2S3/c1-19(16-20-8-2-3-9-20)28-18-22-11-4-6-12-23(22)29-34(30,31)27-15-14-25(33-27)26-17-21-10-5-7-13-24(21)32-26/h4-7,10-15,17,19-20,28-29H,2-3,8-9,16,18H2,1H3/t19-/m0/s1. The van der Waals surface area contributed by atoms with Gasteiger partial charge in [0.05, 0.1) is 5.69 Å². The van der Waals surface area contributed by atoms with Crippen molar-refractivity contribution in [1.29, 1.82) is 0 Å². The van der Waals surface area contributed by atoms with Gasteiger partial charge in [-0.3, -0.25) is 4.72 Å². The number of thiophene rings is 2.